The predicted molar refractivity (Wildman–Crippen MR) is 92.8 cm³/mol. The van der Waals surface area contributed by atoms with Gasteiger partial charge in [0.2, 0.25) is 0 Å². The van der Waals surface area contributed by atoms with E-state index in [0.717, 1.165) is 5.56 Å². The zero-order chi connectivity index (χ0) is 16.8. The Bertz CT molecular complexity index is 746. The van der Waals surface area contributed by atoms with E-state index < -0.39 is 0 Å². The van der Waals surface area contributed by atoms with E-state index in [1.807, 2.05) is 0 Å². The Labute approximate surface area is 135 Å². The highest BCUT2D eigenvalue weighted by atomic mass is 16.5. The third-order valence-electron chi connectivity index (χ3n) is 3.40. The maximum Gasteiger partial charge on any atom is 0.185 e. The lowest BCUT2D eigenvalue weighted by molar-refractivity contribution is 0.104. The van der Waals surface area contributed by atoms with Crippen molar-refractivity contribution in [1.29, 1.82) is 0 Å². The Balaban J connectivity index is 2.30. The second-order valence-electron chi connectivity index (χ2n) is 5.04. The number of ether oxygens (including phenoxy) is 1. The minimum atomic E-state index is -0.134. The molecular formula is C19H19NO3. The first-order valence-electron chi connectivity index (χ1n) is 7.14. The lowest BCUT2D eigenvalue weighted by Gasteiger charge is -2.09. The van der Waals surface area contributed by atoms with Crippen LogP contribution in [0.15, 0.2) is 55.1 Å². The summed E-state index contributed by atoms with van der Waals surface area (Å²) in [7, 11) is 1.51. The zero-order valence-corrected chi connectivity index (χ0v) is 13.0. The molecule has 23 heavy (non-hydrogen) atoms. The van der Waals surface area contributed by atoms with Gasteiger partial charge < -0.3 is 15.6 Å². The van der Waals surface area contributed by atoms with Gasteiger partial charge in [-0.3, -0.25) is 4.79 Å². The maximum absolute atomic E-state index is 12.2. The summed E-state index contributed by atoms with van der Waals surface area (Å²) in [5.74, 6) is 0.505. The molecule has 0 amide bonds. The highest BCUT2D eigenvalue weighted by Gasteiger charge is 2.08. The second kappa shape index (κ2) is 7.31. The summed E-state index contributed by atoms with van der Waals surface area (Å²) in [5, 5.41) is 9.93. The van der Waals surface area contributed by atoms with Crippen molar-refractivity contribution in [1.82, 2.24) is 0 Å². The predicted octanol–water partition coefficient (Wildman–Crippen LogP) is 3.61. The number of carbonyl (C=O) groups excluding carboxylic acids is 1. The van der Waals surface area contributed by atoms with E-state index in [1.165, 1.54) is 19.3 Å². The van der Waals surface area contributed by atoms with Crippen LogP contribution in [0.5, 0.6) is 11.5 Å². The van der Waals surface area contributed by atoms with E-state index in [0.29, 0.717) is 29.0 Å². The Morgan fingerprint density at radius 2 is 2.00 bits per heavy atom. The number of phenols is 1. The van der Waals surface area contributed by atoms with Crippen LogP contribution in [0.25, 0.3) is 6.08 Å². The number of phenolic OH excluding ortho intramolecular Hbond substituents is 1. The Morgan fingerprint density at radius 1 is 1.30 bits per heavy atom. The number of nitrogens with two attached hydrogens (primary N) is 1. The molecule has 0 radical (unpaired) electrons. The number of methoxy groups -OCH3 is 1. The van der Waals surface area contributed by atoms with E-state index in [2.05, 4.69) is 6.58 Å². The summed E-state index contributed by atoms with van der Waals surface area (Å²) in [4.78, 5) is 12.2. The Hall–Kier alpha value is -3.01. The minimum absolute atomic E-state index is 0.134. The van der Waals surface area contributed by atoms with Crippen molar-refractivity contribution >= 4 is 17.5 Å². The molecule has 2 aromatic rings. The molecule has 3 N–H and O–H groups in total. The van der Waals surface area contributed by atoms with Crippen molar-refractivity contribution in [2.45, 2.75) is 6.42 Å². The number of allylic oxidation sites excluding steroid dienone is 2. The fraction of sp³-hybridized carbons (Fsp3) is 0.105. The summed E-state index contributed by atoms with van der Waals surface area (Å²) in [5.41, 5.74) is 8.21. The van der Waals surface area contributed by atoms with E-state index in [4.69, 9.17) is 10.5 Å². The van der Waals surface area contributed by atoms with Crippen LogP contribution in [0.2, 0.25) is 0 Å². The first-order valence-corrected chi connectivity index (χ1v) is 7.14. The average Bonchev–Trinajstić information content (AvgIpc) is 2.55. The average molecular weight is 309 g/mol. The minimum Gasteiger partial charge on any atom is -0.508 e. The molecule has 0 fully saturated rings. The number of hydrogen-bond acceptors (Lipinski definition) is 4. The molecule has 0 saturated heterocycles. The summed E-state index contributed by atoms with van der Waals surface area (Å²) >= 11 is 0. The summed E-state index contributed by atoms with van der Waals surface area (Å²) in [6, 6.07) is 10.0. The van der Waals surface area contributed by atoms with E-state index in [1.54, 1.807) is 42.5 Å². The topological polar surface area (TPSA) is 72.6 Å². The third-order valence-corrected chi connectivity index (χ3v) is 3.40. The van der Waals surface area contributed by atoms with Crippen LogP contribution >= 0.6 is 0 Å². The molecule has 2 rings (SSSR count). The van der Waals surface area contributed by atoms with Gasteiger partial charge in [0.05, 0.1) is 7.11 Å². The van der Waals surface area contributed by atoms with Crippen molar-refractivity contribution in [2.24, 2.45) is 0 Å². The molecule has 0 unspecified atom stereocenters. The molecule has 0 aliphatic heterocycles. The monoisotopic (exact) mass is 309 g/mol. The molecule has 0 aromatic heterocycles. The van der Waals surface area contributed by atoms with E-state index >= 15 is 0 Å². The summed E-state index contributed by atoms with van der Waals surface area (Å²) in [6.45, 7) is 3.67. The molecule has 4 heteroatoms. The smallest absolute Gasteiger partial charge is 0.185 e. The van der Waals surface area contributed by atoms with Crippen LogP contribution in [0.4, 0.5) is 5.69 Å². The Kier molecular flexibility index (Phi) is 5.20. The van der Waals surface area contributed by atoms with Crippen LogP contribution in [0, 0.1) is 0 Å². The van der Waals surface area contributed by atoms with Crippen molar-refractivity contribution in [3.8, 4) is 11.5 Å². The summed E-state index contributed by atoms with van der Waals surface area (Å²) in [6.07, 6.45) is 5.37. The van der Waals surface area contributed by atoms with Gasteiger partial charge in [0.25, 0.3) is 0 Å². The van der Waals surface area contributed by atoms with Crippen LogP contribution in [0.3, 0.4) is 0 Å². The molecule has 0 heterocycles. The third kappa shape index (κ3) is 4.01. The molecular weight excluding hydrogens is 290 g/mol. The molecule has 2 aromatic carbocycles. The number of rotatable bonds is 6. The van der Waals surface area contributed by atoms with Crippen molar-refractivity contribution in [3.05, 3.63) is 71.8 Å². The molecule has 0 aliphatic rings. The molecule has 0 spiro atoms. The largest absolute Gasteiger partial charge is 0.508 e. The SMILES string of the molecule is C=CCc1cc(/C=C/C(=O)c2ccc(N)cc2)c(OC)cc1O. The number of ketones is 1. The summed E-state index contributed by atoms with van der Waals surface area (Å²) < 4.78 is 5.25. The van der Waals surface area contributed by atoms with Gasteiger partial charge in [-0.15, -0.1) is 6.58 Å². The van der Waals surface area contributed by atoms with Gasteiger partial charge in [-0.05, 0) is 54.5 Å². The maximum atomic E-state index is 12.2. The molecule has 0 saturated carbocycles. The lowest BCUT2D eigenvalue weighted by Crippen LogP contribution is -1.96. The lowest BCUT2D eigenvalue weighted by atomic mass is 10.0. The van der Waals surface area contributed by atoms with Gasteiger partial charge >= 0.3 is 0 Å². The standard InChI is InChI=1S/C19H19NO3/c1-3-4-14-11-15(19(23-2)12-18(14)22)7-10-17(21)13-5-8-16(20)9-6-13/h3,5-12,22H,1,4,20H2,2H3/b10-7+. The number of aromatic hydroxyl groups is 1. The number of carbonyl (C=O) groups is 1. The first-order chi connectivity index (χ1) is 11.0. The van der Waals surface area contributed by atoms with Gasteiger partial charge in [0.15, 0.2) is 5.78 Å². The van der Waals surface area contributed by atoms with Gasteiger partial charge in [0.1, 0.15) is 11.5 Å². The number of nitrogen functional groups attached to an aromatic ring is 1. The second-order valence-corrected chi connectivity index (χ2v) is 5.04. The van der Waals surface area contributed by atoms with E-state index in [-0.39, 0.29) is 11.5 Å². The zero-order valence-electron chi connectivity index (χ0n) is 13.0. The first kappa shape index (κ1) is 16.4. The highest BCUT2D eigenvalue weighted by molar-refractivity contribution is 6.07. The van der Waals surface area contributed by atoms with Crippen LogP contribution < -0.4 is 10.5 Å². The fourth-order valence-corrected chi connectivity index (χ4v) is 2.17. The van der Waals surface area contributed by atoms with Gasteiger partial charge in [-0.2, -0.15) is 0 Å². The highest BCUT2D eigenvalue weighted by Crippen LogP contribution is 2.29. The Morgan fingerprint density at radius 3 is 2.61 bits per heavy atom. The van der Waals surface area contributed by atoms with Gasteiger partial charge in [-0.25, -0.2) is 0 Å². The van der Waals surface area contributed by atoms with Crippen LogP contribution in [-0.4, -0.2) is 18.0 Å². The van der Waals surface area contributed by atoms with Crippen molar-refractivity contribution < 1.29 is 14.6 Å². The van der Waals surface area contributed by atoms with Crippen LogP contribution in [-0.2, 0) is 6.42 Å². The van der Waals surface area contributed by atoms with Crippen molar-refractivity contribution in [3.63, 3.8) is 0 Å². The quantitative estimate of drug-likeness (QED) is 0.370. The van der Waals surface area contributed by atoms with Crippen molar-refractivity contribution in [2.75, 3.05) is 12.8 Å². The normalized spacial score (nSPS) is 10.7. The molecule has 0 bridgehead atoms. The number of benzene rings is 2. The van der Waals surface area contributed by atoms with Gasteiger partial charge in [-0.1, -0.05) is 6.08 Å². The number of hydrogen-bond donors (Lipinski definition) is 2. The fourth-order valence-electron chi connectivity index (χ4n) is 2.17. The molecule has 4 nitrogen and oxygen atoms in total. The molecule has 0 atom stereocenters. The molecule has 0 aliphatic carbocycles. The van der Waals surface area contributed by atoms with Crippen LogP contribution in [0.1, 0.15) is 21.5 Å². The van der Waals surface area contributed by atoms with Gasteiger partial charge in [0, 0.05) is 22.9 Å². The van der Waals surface area contributed by atoms with E-state index in [9.17, 15) is 9.90 Å². The molecule has 118 valence electrons. The number of anilines is 1.